The van der Waals surface area contributed by atoms with Crippen LogP contribution in [-0.2, 0) is 17.9 Å². The van der Waals surface area contributed by atoms with Gasteiger partial charge in [0.25, 0.3) is 0 Å². The number of nitrogens with one attached hydrogen (secondary N) is 1. The molecule has 1 aromatic heterocycles. The molecule has 128 valence electrons. The van der Waals surface area contributed by atoms with E-state index in [-0.39, 0.29) is 12.4 Å². The number of nitrogens with zero attached hydrogens (tertiary/aromatic N) is 3. The van der Waals surface area contributed by atoms with Crippen LogP contribution in [0, 0.1) is 11.6 Å². The Balaban J connectivity index is 1.51. The summed E-state index contributed by atoms with van der Waals surface area (Å²) in [7, 11) is 0. The van der Waals surface area contributed by atoms with Gasteiger partial charge in [-0.05, 0) is 42.0 Å². The molecule has 0 fully saturated rings. The molecule has 0 unspecified atom stereocenters. The number of hydrogen-bond acceptors (Lipinski definition) is 4. The Labute approximate surface area is 142 Å². The van der Waals surface area contributed by atoms with E-state index in [0.717, 1.165) is 5.56 Å². The average molecular weight is 344 g/mol. The van der Waals surface area contributed by atoms with E-state index in [4.69, 9.17) is 4.74 Å². The van der Waals surface area contributed by atoms with Crippen molar-refractivity contribution in [1.82, 2.24) is 15.0 Å². The van der Waals surface area contributed by atoms with Gasteiger partial charge in [0, 0.05) is 5.69 Å². The Kier molecular flexibility index (Phi) is 4.98. The molecule has 0 spiro atoms. The maximum absolute atomic E-state index is 13.2. The van der Waals surface area contributed by atoms with Crippen molar-refractivity contribution in [3.8, 4) is 0 Å². The average Bonchev–Trinajstić information content (AvgIpc) is 3.03. The predicted octanol–water partition coefficient (Wildman–Crippen LogP) is 3.35. The zero-order chi connectivity index (χ0) is 17.6. The lowest BCUT2D eigenvalue weighted by atomic mass is 10.2. The Morgan fingerprint density at radius 2 is 1.92 bits per heavy atom. The highest BCUT2D eigenvalue weighted by molar-refractivity contribution is 5.84. The summed E-state index contributed by atoms with van der Waals surface area (Å²) in [6.45, 7) is 0.280. The van der Waals surface area contributed by atoms with Gasteiger partial charge in [0.2, 0.25) is 0 Å². The minimum Gasteiger partial charge on any atom is -0.443 e. The van der Waals surface area contributed by atoms with Crippen molar-refractivity contribution in [1.29, 1.82) is 0 Å². The second-order valence-corrected chi connectivity index (χ2v) is 5.25. The Morgan fingerprint density at radius 3 is 2.68 bits per heavy atom. The van der Waals surface area contributed by atoms with Crippen LogP contribution in [0.5, 0.6) is 0 Å². The lowest BCUT2D eigenvalue weighted by molar-refractivity contribution is 0.153. The first-order chi connectivity index (χ1) is 12.1. The minimum atomic E-state index is -0.689. The van der Waals surface area contributed by atoms with Crippen LogP contribution >= 0.6 is 0 Å². The van der Waals surface area contributed by atoms with Gasteiger partial charge in [-0.1, -0.05) is 17.3 Å². The fourth-order valence-corrected chi connectivity index (χ4v) is 2.13. The minimum absolute atomic E-state index is 0.0732. The Bertz CT molecular complexity index is 865. The van der Waals surface area contributed by atoms with Crippen molar-refractivity contribution in [2.75, 3.05) is 5.32 Å². The zero-order valence-corrected chi connectivity index (χ0v) is 13.0. The fraction of sp³-hybridized carbons (Fsp3) is 0.118. The molecule has 0 aliphatic heterocycles. The number of rotatable bonds is 5. The van der Waals surface area contributed by atoms with E-state index in [9.17, 15) is 13.6 Å². The molecule has 0 aliphatic carbocycles. The SMILES string of the molecule is O=C(Nc1ccc(F)cc1)OCc1cn(Cc2cccc(F)c2)nn1. The molecule has 8 heteroatoms. The third kappa shape index (κ3) is 4.84. The summed E-state index contributed by atoms with van der Waals surface area (Å²) < 4.78 is 32.5. The molecule has 0 atom stereocenters. The van der Waals surface area contributed by atoms with Crippen LogP contribution in [0.3, 0.4) is 0 Å². The molecule has 1 heterocycles. The van der Waals surface area contributed by atoms with Crippen LogP contribution < -0.4 is 5.32 Å². The molecule has 0 bridgehead atoms. The first kappa shape index (κ1) is 16.6. The molecule has 3 aromatic rings. The van der Waals surface area contributed by atoms with Crippen LogP contribution in [0.25, 0.3) is 0 Å². The maximum Gasteiger partial charge on any atom is 0.412 e. The molecule has 0 radical (unpaired) electrons. The van der Waals surface area contributed by atoms with E-state index in [1.807, 2.05) is 0 Å². The van der Waals surface area contributed by atoms with Crippen LogP contribution in [0.4, 0.5) is 19.3 Å². The quantitative estimate of drug-likeness (QED) is 0.771. The largest absolute Gasteiger partial charge is 0.443 e. The van der Waals surface area contributed by atoms with E-state index in [2.05, 4.69) is 15.6 Å². The normalized spacial score (nSPS) is 10.5. The zero-order valence-electron chi connectivity index (χ0n) is 13.0. The smallest absolute Gasteiger partial charge is 0.412 e. The van der Waals surface area contributed by atoms with Crippen LogP contribution in [0.2, 0.25) is 0 Å². The van der Waals surface area contributed by atoms with Crippen molar-refractivity contribution in [3.63, 3.8) is 0 Å². The van der Waals surface area contributed by atoms with Gasteiger partial charge in [-0.3, -0.25) is 5.32 Å². The van der Waals surface area contributed by atoms with Crippen molar-refractivity contribution in [2.24, 2.45) is 0 Å². The number of carbonyl (C=O) groups is 1. The summed E-state index contributed by atoms with van der Waals surface area (Å²) in [5.74, 6) is -0.715. The lowest BCUT2D eigenvalue weighted by Gasteiger charge is -2.05. The van der Waals surface area contributed by atoms with E-state index >= 15 is 0 Å². The lowest BCUT2D eigenvalue weighted by Crippen LogP contribution is -2.13. The summed E-state index contributed by atoms with van der Waals surface area (Å²) in [6, 6.07) is 11.5. The maximum atomic E-state index is 13.2. The van der Waals surface area contributed by atoms with Gasteiger partial charge in [-0.2, -0.15) is 0 Å². The molecule has 0 saturated heterocycles. The summed E-state index contributed by atoms with van der Waals surface area (Å²) >= 11 is 0. The van der Waals surface area contributed by atoms with E-state index in [1.54, 1.807) is 18.3 Å². The van der Waals surface area contributed by atoms with Gasteiger partial charge < -0.3 is 4.74 Å². The Hall–Kier alpha value is -3.29. The van der Waals surface area contributed by atoms with Gasteiger partial charge in [0.05, 0.1) is 12.7 Å². The fourth-order valence-electron chi connectivity index (χ4n) is 2.13. The number of halogens is 2. The highest BCUT2D eigenvalue weighted by atomic mass is 19.1. The van der Waals surface area contributed by atoms with E-state index < -0.39 is 11.9 Å². The van der Waals surface area contributed by atoms with E-state index in [1.165, 1.54) is 41.1 Å². The Morgan fingerprint density at radius 1 is 1.12 bits per heavy atom. The number of aromatic nitrogens is 3. The summed E-state index contributed by atoms with van der Waals surface area (Å²) in [5.41, 5.74) is 1.61. The monoisotopic (exact) mass is 344 g/mol. The standard InChI is InChI=1S/C17H14F2N4O2/c18-13-4-6-15(7-5-13)20-17(24)25-11-16-10-23(22-21-16)9-12-2-1-3-14(19)8-12/h1-8,10H,9,11H2,(H,20,24). The molecule has 1 N–H and O–H groups in total. The summed E-state index contributed by atoms with van der Waals surface area (Å²) in [4.78, 5) is 11.7. The number of amides is 1. The number of ether oxygens (including phenoxy) is 1. The molecular weight excluding hydrogens is 330 g/mol. The van der Waals surface area contributed by atoms with Gasteiger partial charge >= 0.3 is 6.09 Å². The molecule has 3 rings (SSSR count). The summed E-state index contributed by atoms with van der Waals surface area (Å²) in [6.07, 6.45) is 0.919. The van der Waals surface area contributed by atoms with Crippen LogP contribution in [-0.4, -0.2) is 21.1 Å². The van der Waals surface area contributed by atoms with Crippen LogP contribution in [0.15, 0.2) is 54.7 Å². The molecule has 6 nitrogen and oxygen atoms in total. The van der Waals surface area contributed by atoms with Gasteiger partial charge in [0.15, 0.2) is 0 Å². The van der Waals surface area contributed by atoms with Crippen molar-refractivity contribution in [2.45, 2.75) is 13.2 Å². The van der Waals surface area contributed by atoms with Gasteiger partial charge in [0.1, 0.15) is 23.9 Å². The van der Waals surface area contributed by atoms with E-state index in [0.29, 0.717) is 17.9 Å². The molecule has 0 saturated carbocycles. The molecule has 1 amide bonds. The van der Waals surface area contributed by atoms with Crippen molar-refractivity contribution >= 4 is 11.8 Å². The number of benzene rings is 2. The molecule has 0 aliphatic rings. The third-order valence-corrected chi connectivity index (χ3v) is 3.26. The summed E-state index contributed by atoms with van der Waals surface area (Å²) in [5, 5.41) is 10.3. The first-order valence-electron chi connectivity index (χ1n) is 7.41. The molecule has 2 aromatic carbocycles. The predicted molar refractivity (Wildman–Crippen MR) is 85.7 cm³/mol. The highest BCUT2D eigenvalue weighted by Crippen LogP contribution is 2.09. The van der Waals surface area contributed by atoms with Gasteiger partial charge in [-0.15, -0.1) is 5.10 Å². The second-order valence-electron chi connectivity index (χ2n) is 5.25. The van der Waals surface area contributed by atoms with Crippen molar-refractivity contribution in [3.05, 3.63) is 77.6 Å². The molecule has 25 heavy (non-hydrogen) atoms. The third-order valence-electron chi connectivity index (χ3n) is 3.26. The number of carbonyl (C=O) groups excluding carboxylic acids is 1. The van der Waals surface area contributed by atoms with Crippen LogP contribution in [0.1, 0.15) is 11.3 Å². The first-order valence-corrected chi connectivity index (χ1v) is 7.41. The highest BCUT2D eigenvalue weighted by Gasteiger charge is 2.07. The molecular formula is C17H14F2N4O2. The van der Waals surface area contributed by atoms with Gasteiger partial charge in [-0.25, -0.2) is 18.3 Å². The number of anilines is 1. The topological polar surface area (TPSA) is 69.0 Å². The number of hydrogen-bond donors (Lipinski definition) is 1. The second kappa shape index (κ2) is 7.52. The van der Waals surface area contributed by atoms with Crippen molar-refractivity contribution < 1.29 is 18.3 Å².